The maximum atomic E-state index is 14.2. The van der Waals surface area contributed by atoms with Gasteiger partial charge in [-0.2, -0.15) is 0 Å². The quantitative estimate of drug-likeness (QED) is 0.536. The second-order valence-corrected chi connectivity index (χ2v) is 5.97. The van der Waals surface area contributed by atoms with Crippen molar-refractivity contribution in [3.63, 3.8) is 0 Å². The van der Waals surface area contributed by atoms with Gasteiger partial charge < -0.3 is 19.5 Å². The summed E-state index contributed by atoms with van der Waals surface area (Å²) in [6.45, 7) is -15.4. The van der Waals surface area contributed by atoms with Crippen LogP contribution in [0.4, 0.5) is 15.9 Å². The van der Waals surface area contributed by atoms with Crippen LogP contribution >= 0.6 is 11.6 Å². The van der Waals surface area contributed by atoms with Crippen molar-refractivity contribution in [2.75, 3.05) is 51.7 Å². The van der Waals surface area contributed by atoms with E-state index in [9.17, 15) is 4.39 Å². The standard InChI is InChI=1S/C22H24ClFN4O3/c1-29-20-13-19-16(12-21(20)31-8-2-5-28-6-9-30-10-7-28)22(26-14-25-19)27-15-3-4-18(24)17(23)11-15/h3-4,11-14H,2,5-10H2,1H3,(H,25,26,27)/i2D2,3D,4D,5D2,6D2,7D2,8D2,11D,12D,13D,14D. The Morgan fingerprint density at radius 1 is 1.29 bits per heavy atom. The highest BCUT2D eigenvalue weighted by Crippen LogP contribution is 2.35. The van der Waals surface area contributed by atoms with E-state index in [0.717, 1.165) is 7.11 Å². The normalized spacial score (nSPS) is 26.7. The van der Waals surface area contributed by atoms with Crippen molar-refractivity contribution in [1.82, 2.24) is 14.9 Å². The van der Waals surface area contributed by atoms with Crippen molar-refractivity contribution in [2.45, 2.75) is 6.37 Å². The van der Waals surface area contributed by atoms with E-state index < -0.39 is 127 Å². The number of benzene rings is 2. The number of methoxy groups -OCH3 is 1. The lowest BCUT2D eigenvalue weighted by Gasteiger charge is -2.26. The first-order valence-electron chi connectivity index (χ1n) is 16.5. The molecule has 7 nitrogen and oxygen atoms in total. The zero-order valence-corrected chi connectivity index (χ0v) is 16.5. The number of fused-ring (bicyclic) bond motifs is 1. The van der Waals surface area contributed by atoms with E-state index in [1.165, 1.54) is 0 Å². The maximum Gasteiger partial charge on any atom is 0.162 e. The zero-order valence-electron chi connectivity index (χ0n) is 31.7. The molecule has 0 spiro atoms. The highest BCUT2D eigenvalue weighted by molar-refractivity contribution is 6.31. The number of nitrogens with one attached hydrogen (secondary N) is 1. The molecule has 0 saturated carbocycles. The average molecular weight is 463 g/mol. The Bertz CT molecular complexity index is 1720. The monoisotopic (exact) mass is 462 g/mol. The smallest absolute Gasteiger partial charge is 0.162 e. The van der Waals surface area contributed by atoms with Crippen LogP contribution in [0.1, 0.15) is 28.3 Å². The molecule has 1 N–H and O–H groups in total. The molecule has 4 rings (SSSR count). The van der Waals surface area contributed by atoms with Crippen LogP contribution in [-0.2, 0) is 4.74 Å². The summed E-state index contributed by atoms with van der Waals surface area (Å²) in [6, 6.07) is -4.45. The molecule has 1 fully saturated rings. The third kappa shape index (κ3) is 5.33. The van der Waals surface area contributed by atoms with Gasteiger partial charge in [0, 0.05) is 47.6 Å². The first-order chi connectivity index (χ1) is 21.4. The molecule has 0 aliphatic carbocycles. The van der Waals surface area contributed by atoms with Crippen LogP contribution in [0.25, 0.3) is 10.9 Å². The number of nitrogens with zero attached hydrogens (tertiary/aromatic N) is 3. The van der Waals surface area contributed by atoms with Crippen molar-refractivity contribution < 1.29 is 40.5 Å². The number of ether oxygens (including phenoxy) is 3. The summed E-state index contributed by atoms with van der Waals surface area (Å²) < 4.78 is 162. The molecular formula is C22H24ClFN4O3. The van der Waals surface area contributed by atoms with E-state index >= 15 is 0 Å². The van der Waals surface area contributed by atoms with Crippen molar-refractivity contribution in [2.24, 2.45) is 0 Å². The number of halogens is 2. The Hall–Kier alpha value is -2.68. The Kier molecular flexibility index (Phi) is 3.07. The molecule has 1 aliphatic heterocycles. The van der Waals surface area contributed by atoms with Crippen molar-refractivity contribution in [1.29, 1.82) is 0 Å². The lowest BCUT2D eigenvalue weighted by Crippen LogP contribution is -2.37. The van der Waals surface area contributed by atoms with Gasteiger partial charge in [0.2, 0.25) is 0 Å². The fourth-order valence-corrected chi connectivity index (χ4v) is 2.45. The lowest BCUT2D eigenvalue weighted by atomic mass is 10.2. The number of aromatic nitrogens is 2. The Balaban J connectivity index is 1.93. The minimum atomic E-state index is -3.95. The van der Waals surface area contributed by atoms with Crippen molar-refractivity contribution in [3.8, 4) is 11.5 Å². The van der Waals surface area contributed by atoms with Gasteiger partial charge in [-0.1, -0.05) is 11.6 Å². The zero-order chi connectivity index (χ0) is 35.8. The largest absolute Gasteiger partial charge is 0.493 e. The van der Waals surface area contributed by atoms with Crippen molar-refractivity contribution in [3.05, 3.63) is 47.4 Å². The lowest BCUT2D eigenvalue weighted by molar-refractivity contribution is 0.0357. The van der Waals surface area contributed by atoms with Crippen LogP contribution in [-0.4, -0.2) is 61.2 Å². The number of hydrogen-bond donors (Lipinski definition) is 1. The van der Waals surface area contributed by atoms with Gasteiger partial charge in [-0.3, -0.25) is 4.90 Å². The highest BCUT2D eigenvalue weighted by Gasteiger charge is 2.14. The molecule has 1 aromatic heterocycles. The minimum Gasteiger partial charge on any atom is -0.493 e. The van der Waals surface area contributed by atoms with Crippen LogP contribution in [0.15, 0.2) is 36.5 Å². The van der Waals surface area contributed by atoms with Crippen molar-refractivity contribution >= 4 is 34.0 Å². The second kappa shape index (κ2) is 10.1. The average Bonchev–Trinajstić information content (AvgIpc) is 2.94. The molecule has 2 aromatic carbocycles. The molecule has 31 heavy (non-hydrogen) atoms. The summed E-state index contributed by atoms with van der Waals surface area (Å²) in [5.74, 6) is -3.76. The maximum absolute atomic E-state index is 14.2. The first-order valence-corrected chi connectivity index (χ1v) is 8.88. The molecule has 2 heterocycles. The van der Waals surface area contributed by atoms with Gasteiger partial charge in [0.25, 0.3) is 0 Å². The predicted molar refractivity (Wildman–Crippen MR) is 118 cm³/mol. The van der Waals surface area contributed by atoms with Crippen LogP contribution in [0.5, 0.6) is 11.5 Å². The number of morpholine rings is 1. The van der Waals surface area contributed by atoms with E-state index in [2.05, 4.69) is 15.3 Å². The molecule has 0 unspecified atom stereocenters. The molecular weight excluding hydrogens is 423 g/mol. The van der Waals surface area contributed by atoms with Gasteiger partial charge in [0.1, 0.15) is 19.3 Å². The molecule has 0 radical (unpaired) electrons. The van der Waals surface area contributed by atoms with Gasteiger partial charge in [-0.05, 0) is 30.5 Å². The number of anilines is 2. The Labute approximate surface area is 207 Å². The molecule has 0 atom stereocenters. The minimum absolute atomic E-state index is 0.149. The Morgan fingerprint density at radius 2 is 2.13 bits per heavy atom. The predicted octanol–water partition coefficient (Wildman–Crippen LogP) is 4.28. The molecule has 1 aliphatic rings. The van der Waals surface area contributed by atoms with Gasteiger partial charge in [0.05, 0.1) is 47.0 Å². The fraction of sp³-hybridized carbons (Fsp3) is 0.364. The summed E-state index contributed by atoms with van der Waals surface area (Å²) in [6.07, 6.45) is -4.74. The van der Waals surface area contributed by atoms with Gasteiger partial charge >= 0.3 is 0 Å². The summed E-state index contributed by atoms with van der Waals surface area (Å²) >= 11 is 5.80. The number of rotatable bonds is 8. The van der Waals surface area contributed by atoms with E-state index in [4.69, 9.17) is 47.7 Å². The van der Waals surface area contributed by atoms with Crippen LogP contribution < -0.4 is 14.8 Å². The topological polar surface area (TPSA) is 68.7 Å². The van der Waals surface area contributed by atoms with Gasteiger partial charge in [-0.15, -0.1) is 0 Å². The molecule has 3 aromatic rings. The highest BCUT2D eigenvalue weighted by atomic mass is 35.5. The third-order valence-electron chi connectivity index (χ3n) is 3.67. The second-order valence-electron chi connectivity index (χ2n) is 5.60. The molecule has 0 bridgehead atoms. The van der Waals surface area contributed by atoms with Gasteiger partial charge in [0.15, 0.2) is 11.5 Å². The molecule has 9 heteroatoms. The van der Waals surface area contributed by atoms with Crippen LogP contribution in [0, 0.1) is 5.82 Å². The summed E-state index contributed by atoms with van der Waals surface area (Å²) in [5.41, 5.74) is -1.12. The van der Waals surface area contributed by atoms with Crippen LogP contribution in [0.3, 0.4) is 0 Å². The summed E-state index contributed by atoms with van der Waals surface area (Å²) in [4.78, 5) is 7.42. The molecule has 164 valence electrons. The summed E-state index contributed by atoms with van der Waals surface area (Å²) in [7, 11) is 0.961. The Morgan fingerprint density at radius 3 is 2.94 bits per heavy atom. The van der Waals surface area contributed by atoms with Gasteiger partial charge in [-0.25, -0.2) is 14.4 Å². The molecule has 0 amide bonds. The number of hydrogen-bond acceptors (Lipinski definition) is 7. The fourth-order valence-electron chi connectivity index (χ4n) is 2.31. The van der Waals surface area contributed by atoms with E-state index in [-0.39, 0.29) is 4.90 Å². The summed E-state index contributed by atoms with van der Waals surface area (Å²) in [5, 5.41) is 0.983. The first kappa shape index (κ1) is 9.44. The van der Waals surface area contributed by atoms with E-state index in [0.29, 0.717) is 0 Å². The molecule has 1 saturated heterocycles. The SMILES string of the molecule is [2H]c1nc(Nc2c([2H])c([2H])c(F)c(Cl)c2[2H])c2c([2H])c(OC([2H])([2H])C([2H])([2H])C([2H])([2H])N3C([2H])([2H])COCC3([2H])[2H])c(OC)c([2H])c2n1. The van der Waals surface area contributed by atoms with Crippen LogP contribution in [0.2, 0.25) is 5.02 Å². The van der Waals surface area contributed by atoms with E-state index in [1.807, 2.05) is 0 Å². The van der Waals surface area contributed by atoms with E-state index in [1.54, 1.807) is 0 Å². The third-order valence-corrected chi connectivity index (χ3v) is 3.93.